The molecule has 0 unspecified atom stereocenters. The van der Waals surface area contributed by atoms with E-state index >= 15 is 0 Å². The molecule has 0 atom stereocenters. The van der Waals surface area contributed by atoms with E-state index in [4.69, 9.17) is 5.84 Å². The summed E-state index contributed by atoms with van der Waals surface area (Å²) in [5, 5.41) is 5.17. The summed E-state index contributed by atoms with van der Waals surface area (Å²) in [6.07, 6.45) is 4.98. The van der Waals surface area contributed by atoms with Crippen molar-refractivity contribution in [2.24, 2.45) is 21.7 Å². The molecule has 4 rings (SSSR count). The summed E-state index contributed by atoms with van der Waals surface area (Å²) in [4.78, 5) is 26.0. The number of nitrogens with two attached hydrogens (primary N) is 1. The molecule has 0 aromatic carbocycles. The number of aryl methyl sites for hydroxylation is 1. The summed E-state index contributed by atoms with van der Waals surface area (Å²) in [5.41, 5.74) is 3.46. The molecule has 2 aromatic rings. The number of nitrogens with zero attached hydrogens (tertiary/aromatic N) is 5. The Morgan fingerprint density at radius 1 is 1.46 bits per heavy atom. The van der Waals surface area contributed by atoms with Crippen LogP contribution >= 0.6 is 11.5 Å². The van der Waals surface area contributed by atoms with Gasteiger partial charge in [0, 0.05) is 30.8 Å². The van der Waals surface area contributed by atoms with Crippen LogP contribution in [0.4, 0.5) is 15.6 Å². The lowest BCUT2D eigenvalue weighted by Gasteiger charge is -2.34. The van der Waals surface area contributed by atoms with Crippen molar-refractivity contribution in [3.63, 3.8) is 0 Å². The first-order chi connectivity index (χ1) is 13.6. The first-order valence-electron chi connectivity index (χ1n) is 9.03. The topological polar surface area (TPSA) is 115 Å². The molecular weight excluding hydrogens is 376 g/mol. The van der Waals surface area contributed by atoms with Crippen molar-refractivity contribution in [2.45, 2.75) is 19.8 Å². The number of nitrogens with one attached hydrogen (secondary N) is 2. The van der Waals surface area contributed by atoms with Gasteiger partial charge >= 0.3 is 6.03 Å². The molecule has 9 nitrogen and oxygen atoms in total. The highest BCUT2D eigenvalue weighted by atomic mass is 32.1. The van der Waals surface area contributed by atoms with Crippen LogP contribution in [0.3, 0.4) is 0 Å². The molecule has 2 aromatic heterocycles. The molecule has 1 saturated heterocycles. The number of hydrazine groups is 1. The predicted molar refractivity (Wildman–Crippen MR) is 112 cm³/mol. The average molecular weight is 398 g/mol. The van der Waals surface area contributed by atoms with Crippen molar-refractivity contribution in [1.82, 2.24) is 19.3 Å². The molecule has 1 fully saturated rings. The highest BCUT2D eigenvalue weighted by Crippen LogP contribution is 2.37. The van der Waals surface area contributed by atoms with E-state index in [0.717, 1.165) is 46.3 Å². The number of aliphatic imine (C=N–C) groups is 2. The van der Waals surface area contributed by atoms with Gasteiger partial charge in [0.2, 0.25) is 0 Å². The lowest BCUT2D eigenvalue weighted by atomic mass is 9.91. The van der Waals surface area contributed by atoms with Gasteiger partial charge in [-0.2, -0.15) is 4.37 Å². The number of fused-ring (bicyclic) bond motifs is 1. The lowest BCUT2D eigenvalue weighted by Crippen LogP contribution is -2.41. The van der Waals surface area contributed by atoms with E-state index in [-0.39, 0.29) is 11.9 Å². The summed E-state index contributed by atoms with van der Waals surface area (Å²) < 4.78 is 4.19. The Balaban J connectivity index is 1.47. The number of piperidine rings is 1. The molecule has 28 heavy (non-hydrogen) atoms. The summed E-state index contributed by atoms with van der Waals surface area (Å²) in [6.45, 7) is 6.95. The minimum absolute atomic E-state index is 0.0963. The summed E-state index contributed by atoms with van der Waals surface area (Å²) in [7, 11) is 0. The maximum Gasteiger partial charge on any atom is 0.322 e. The SMILES string of the molecule is C=N/C(=C1/c2cc[nH]c2N=CN1N)C1CCN(C(=O)Nc2cc(C)ns2)CC1. The number of amides is 2. The van der Waals surface area contributed by atoms with Gasteiger partial charge in [0.15, 0.2) is 0 Å². The van der Waals surface area contributed by atoms with Crippen LogP contribution in [0.2, 0.25) is 0 Å². The molecule has 146 valence electrons. The van der Waals surface area contributed by atoms with Gasteiger partial charge in [-0.3, -0.25) is 15.3 Å². The van der Waals surface area contributed by atoms with E-state index < -0.39 is 0 Å². The Bertz CT molecular complexity index is 950. The number of carbonyl (C=O) groups excluding carboxylic acids is 1. The van der Waals surface area contributed by atoms with Crippen LogP contribution in [0.15, 0.2) is 34.0 Å². The minimum Gasteiger partial charge on any atom is -0.346 e. The van der Waals surface area contributed by atoms with Gasteiger partial charge in [-0.05, 0) is 50.1 Å². The van der Waals surface area contributed by atoms with Crippen LogP contribution in [-0.4, -0.2) is 51.4 Å². The van der Waals surface area contributed by atoms with E-state index in [1.165, 1.54) is 16.5 Å². The van der Waals surface area contributed by atoms with Crippen LogP contribution in [0.1, 0.15) is 24.1 Å². The second-order valence-electron chi connectivity index (χ2n) is 6.81. The quantitative estimate of drug-likeness (QED) is 0.544. The highest BCUT2D eigenvalue weighted by Gasteiger charge is 2.30. The van der Waals surface area contributed by atoms with Gasteiger partial charge in [0.25, 0.3) is 0 Å². The van der Waals surface area contributed by atoms with E-state index in [9.17, 15) is 4.79 Å². The zero-order chi connectivity index (χ0) is 19.7. The second kappa shape index (κ2) is 7.56. The van der Waals surface area contributed by atoms with Gasteiger partial charge in [-0.25, -0.2) is 15.6 Å². The van der Waals surface area contributed by atoms with Crippen LogP contribution < -0.4 is 11.2 Å². The number of rotatable bonds is 3. The van der Waals surface area contributed by atoms with Crippen molar-refractivity contribution in [1.29, 1.82) is 0 Å². The van der Waals surface area contributed by atoms with E-state index in [0.29, 0.717) is 13.1 Å². The van der Waals surface area contributed by atoms with Crippen molar-refractivity contribution in [3.8, 4) is 0 Å². The minimum atomic E-state index is -0.0963. The van der Waals surface area contributed by atoms with Crippen molar-refractivity contribution < 1.29 is 4.79 Å². The molecule has 10 heteroatoms. The first kappa shape index (κ1) is 18.4. The Labute approximate surface area is 166 Å². The maximum atomic E-state index is 12.5. The fraction of sp³-hybridized carbons (Fsp3) is 0.333. The standard InChI is InChI=1S/C18H22N8OS/c1-11-9-14(28-24-11)23-18(27)25-7-4-12(5-8-25)15(20-2)16-13-3-6-21-17(13)22-10-26(16)19/h3,6,9-10,12,21H,2,4-5,7-8,19H2,1H3,(H,23,27)/b16-15-. The average Bonchev–Trinajstić information content (AvgIpc) is 3.33. The molecule has 2 amide bonds. The fourth-order valence-corrected chi connectivity index (χ4v) is 4.26. The van der Waals surface area contributed by atoms with Crippen LogP contribution in [0.5, 0.6) is 0 Å². The molecule has 0 saturated carbocycles. The van der Waals surface area contributed by atoms with E-state index in [1.54, 1.807) is 6.34 Å². The van der Waals surface area contributed by atoms with Crippen molar-refractivity contribution in [3.05, 3.63) is 35.3 Å². The van der Waals surface area contributed by atoms with E-state index in [1.807, 2.05) is 30.2 Å². The van der Waals surface area contributed by atoms with E-state index in [2.05, 4.69) is 31.4 Å². The van der Waals surface area contributed by atoms with Gasteiger partial charge in [0.1, 0.15) is 17.2 Å². The number of aromatic nitrogens is 2. The largest absolute Gasteiger partial charge is 0.346 e. The third-order valence-electron chi connectivity index (χ3n) is 4.99. The molecule has 0 spiro atoms. The normalized spacial score (nSPS) is 18.8. The maximum absolute atomic E-state index is 12.5. The lowest BCUT2D eigenvalue weighted by molar-refractivity contribution is 0.189. The summed E-state index contributed by atoms with van der Waals surface area (Å²) in [5.74, 6) is 7.07. The van der Waals surface area contributed by atoms with Gasteiger partial charge in [-0.15, -0.1) is 0 Å². The smallest absolute Gasteiger partial charge is 0.322 e. The van der Waals surface area contributed by atoms with Crippen LogP contribution in [-0.2, 0) is 0 Å². The third-order valence-corrected chi connectivity index (χ3v) is 5.79. The highest BCUT2D eigenvalue weighted by molar-refractivity contribution is 7.10. The molecule has 2 aliphatic heterocycles. The number of likely N-dealkylation sites (tertiary alicyclic amines) is 1. The number of urea groups is 1. The zero-order valence-corrected chi connectivity index (χ0v) is 16.4. The number of anilines is 1. The molecule has 2 aliphatic rings. The molecule has 0 bridgehead atoms. The third kappa shape index (κ3) is 3.43. The molecule has 0 aliphatic carbocycles. The monoisotopic (exact) mass is 398 g/mol. The number of allylic oxidation sites excluding steroid dienone is 1. The second-order valence-corrected chi connectivity index (χ2v) is 7.61. The van der Waals surface area contributed by atoms with Gasteiger partial charge < -0.3 is 9.88 Å². The van der Waals surface area contributed by atoms with Gasteiger partial charge in [0.05, 0.1) is 17.1 Å². The predicted octanol–water partition coefficient (Wildman–Crippen LogP) is 2.94. The number of hydrogen-bond donors (Lipinski definition) is 3. The Morgan fingerprint density at radius 3 is 2.93 bits per heavy atom. The van der Waals surface area contributed by atoms with Crippen LogP contribution in [0.25, 0.3) is 5.70 Å². The van der Waals surface area contributed by atoms with Crippen molar-refractivity contribution >= 4 is 47.1 Å². The summed E-state index contributed by atoms with van der Waals surface area (Å²) in [6, 6.07) is 3.71. The number of H-pyrrole nitrogens is 1. The summed E-state index contributed by atoms with van der Waals surface area (Å²) >= 11 is 1.29. The molecule has 4 N–H and O–H groups in total. The Hall–Kier alpha value is -2.98. The number of carbonyl (C=O) groups is 1. The number of aromatic amines is 1. The first-order valence-corrected chi connectivity index (χ1v) is 9.80. The zero-order valence-electron chi connectivity index (χ0n) is 15.6. The van der Waals surface area contributed by atoms with Crippen molar-refractivity contribution in [2.75, 3.05) is 18.4 Å². The van der Waals surface area contributed by atoms with Crippen LogP contribution in [0, 0.1) is 12.8 Å². The Morgan fingerprint density at radius 2 is 2.25 bits per heavy atom. The molecular formula is C18H22N8OS. The number of hydrogen-bond acceptors (Lipinski definition) is 7. The molecule has 4 heterocycles. The Kier molecular flexibility index (Phi) is 4.97. The van der Waals surface area contributed by atoms with Gasteiger partial charge in [-0.1, -0.05) is 0 Å². The fourth-order valence-electron chi connectivity index (χ4n) is 3.61. The molecule has 0 radical (unpaired) electrons.